The quantitative estimate of drug-likeness (QED) is 0.823. The average Bonchev–Trinajstić information content (AvgIpc) is 2.47. The van der Waals surface area contributed by atoms with Gasteiger partial charge in [0.2, 0.25) is 0 Å². The van der Waals surface area contributed by atoms with Gasteiger partial charge >= 0.3 is 0 Å². The maximum Gasteiger partial charge on any atom is 0.196 e. The minimum atomic E-state index is -0.926. The highest BCUT2D eigenvalue weighted by Crippen LogP contribution is 2.39. The first-order valence-corrected chi connectivity index (χ1v) is 7.42. The van der Waals surface area contributed by atoms with Crippen molar-refractivity contribution in [2.45, 2.75) is 0 Å². The van der Waals surface area contributed by atoms with Crippen molar-refractivity contribution < 1.29 is 9.63 Å². The maximum atomic E-state index is 9.11. The molecule has 3 nitrogen and oxygen atoms in total. The largest absolute Gasteiger partial charge is 0.454 e. The van der Waals surface area contributed by atoms with Crippen LogP contribution in [0.3, 0.4) is 0 Å². The van der Waals surface area contributed by atoms with Gasteiger partial charge in [0.15, 0.2) is 8.30 Å². The predicted octanol–water partition coefficient (Wildman–Crippen LogP) is 2.63. The van der Waals surface area contributed by atoms with Gasteiger partial charge in [0, 0.05) is 11.8 Å². The van der Waals surface area contributed by atoms with E-state index in [4.69, 9.17) is 9.63 Å². The van der Waals surface area contributed by atoms with E-state index in [0.717, 1.165) is 11.1 Å². The lowest BCUT2D eigenvalue weighted by Crippen LogP contribution is -2.24. The van der Waals surface area contributed by atoms with Gasteiger partial charge in [0.25, 0.3) is 0 Å². The van der Waals surface area contributed by atoms with Crippen LogP contribution in [0, 0.1) is 0 Å². The molecule has 0 heterocycles. The van der Waals surface area contributed by atoms with E-state index in [1.165, 1.54) is 0 Å². The van der Waals surface area contributed by atoms with Crippen molar-refractivity contribution >= 4 is 13.6 Å². The van der Waals surface area contributed by atoms with Crippen LogP contribution in [0.5, 0.6) is 5.75 Å². The number of aliphatic hydroxyl groups is 1. The fourth-order valence-electron chi connectivity index (χ4n) is 1.69. The Morgan fingerprint density at radius 3 is 2.16 bits per heavy atom. The van der Waals surface area contributed by atoms with Crippen molar-refractivity contribution in [1.29, 1.82) is 0 Å². The fraction of sp³-hybridized carbons (Fsp3) is 0.200. The van der Waals surface area contributed by atoms with Crippen LogP contribution in [0.1, 0.15) is 0 Å². The second-order valence-corrected chi connectivity index (χ2v) is 6.05. The molecule has 0 spiro atoms. The third-order valence-corrected chi connectivity index (χ3v) is 4.59. The van der Waals surface area contributed by atoms with E-state index in [-0.39, 0.29) is 6.61 Å². The molecule has 1 N–H and O–H groups in total. The summed E-state index contributed by atoms with van der Waals surface area (Å²) >= 11 is 0. The number of nitrogens with zero attached hydrogens (tertiary/aromatic N) is 1. The number of hydrogen-bond acceptors (Lipinski definition) is 3. The number of benzene rings is 2. The van der Waals surface area contributed by atoms with Crippen molar-refractivity contribution in [1.82, 2.24) is 4.67 Å². The van der Waals surface area contributed by atoms with E-state index >= 15 is 0 Å². The molecule has 2 aromatic rings. The molecule has 2 rings (SSSR count). The summed E-state index contributed by atoms with van der Waals surface area (Å²) in [5, 5.41) is 10.2. The highest BCUT2D eigenvalue weighted by Gasteiger charge is 2.19. The normalized spacial score (nSPS) is 12.4. The Kier molecular flexibility index (Phi) is 5.34. The van der Waals surface area contributed by atoms with Gasteiger partial charge in [-0.15, -0.1) is 0 Å². The second kappa shape index (κ2) is 7.25. The first kappa shape index (κ1) is 14.0. The van der Waals surface area contributed by atoms with E-state index in [0.29, 0.717) is 6.54 Å². The van der Waals surface area contributed by atoms with Crippen LogP contribution >= 0.6 is 8.30 Å². The molecule has 0 fully saturated rings. The predicted molar refractivity (Wildman–Crippen MR) is 79.8 cm³/mol. The number of para-hydroxylation sites is 1. The van der Waals surface area contributed by atoms with Gasteiger partial charge in [0.05, 0.1) is 6.61 Å². The highest BCUT2D eigenvalue weighted by molar-refractivity contribution is 7.58. The molecule has 0 saturated carbocycles. The third kappa shape index (κ3) is 4.03. The zero-order valence-electron chi connectivity index (χ0n) is 10.9. The molecule has 0 amide bonds. The topological polar surface area (TPSA) is 32.7 Å². The van der Waals surface area contributed by atoms with Gasteiger partial charge in [-0.3, -0.25) is 0 Å². The number of aliphatic hydroxyl groups excluding tert-OH is 1. The lowest BCUT2D eigenvalue weighted by Gasteiger charge is -2.27. The Hall–Kier alpha value is -1.41. The van der Waals surface area contributed by atoms with E-state index in [9.17, 15) is 0 Å². The Bertz CT molecular complexity index is 478. The summed E-state index contributed by atoms with van der Waals surface area (Å²) in [5.41, 5.74) is 0. The summed E-state index contributed by atoms with van der Waals surface area (Å²) in [4.78, 5) is 0. The Balaban J connectivity index is 2.20. The second-order valence-electron chi connectivity index (χ2n) is 4.12. The van der Waals surface area contributed by atoms with Crippen molar-refractivity contribution in [3.05, 3.63) is 60.7 Å². The summed E-state index contributed by atoms with van der Waals surface area (Å²) in [7, 11) is 1.04. The molecule has 0 aliphatic heterocycles. The molecule has 0 saturated heterocycles. The zero-order valence-corrected chi connectivity index (χ0v) is 11.8. The van der Waals surface area contributed by atoms with Gasteiger partial charge in [-0.1, -0.05) is 36.4 Å². The summed E-state index contributed by atoms with van der Waals surface area (Å²) < 4.78 is 8.15. The van der Waals surface area contributed by atoms with Crippen molar-refractivity contribution in [3.63, 3.8) is 0 Å². The molecule has 0 aromatic heterocycles. The van der Waals surface area contributed by atoms with Crippen molar-refractivity contribution in [3.8, 4) is 5.75 Å². The molecule has 100 valence electrons. The van der Waals surface area contributed by atoms with Gasteiger partial charge < -0.3 is 9.63 Å². The molecular formula is C15H18NO2P. The smallest absolute Gasteiger partial charge is 0.196 e. The highest BCUT2D eigenvalue weighted by atomic mass is 31.2. The lowest BCUT2D eigenvalue weighted by molar-refractivity contribution is 0.267. The number of likely N-dealkylation sites (N-methyl/N-ethyl adjacent to an activating group) is 1. The van der Waals surface area contributed by atoms with Crippen LogP contribution in [0.4, 0.5) is 0 Å². The Labute approximate surface area is 115 Å². The van der Waals surface area contributed by atoms with E-state index in [1.807, 2.05) is 55.6 Å². The van der Waals surface area contributed by atoms with Gasteiger partial charge in [-0.25, -0.2) is 4.67 Å². The maximum absolute atomic E-state index is 9.11. The van der Waals surface area contributed by atoms with Crippen LogP contribution in [-0.2, 0) is 0 Å². The minimum Gasteiger partial charge on any atom is -0.454 e. The van der Waals surface area contributed by atoms with Gasteiger partial charge in [0.1, 0.15) is 5.75 Å². The summed E-state index contributed by atoms with van der Waals surface area (Å²) in [5.74, 6) is 0.849. The van der Waals surface area contributed by atoms with E-state index in [2.05, 4.69) is 16.8 Å². The molecular weight excluding hydrogens is 257 g/mol. The summed E-state index contributed by atoms with van der Waals surface area (Å²) in [6, 6.07) is 19.9. The van der Waals surface area contributed by atoms with Crippen LogP contribution in [-0.4, -0.2) is 30.0 Å². The summed E-state index contributed by atoms with van der Waals surface area (Å²) in [6.45, 7) is 0.716. The van der Waals surface area contributed by atoms with E-state index in [1.54, 1.807) is 0 Å². The summed E-state index contributed by atoms with van der Waals surface area (Å²) in [6.07, 6.45) is 0. The molecule has 0 aliphatic carbocycles. The average molecular weight is 275 g/mol. The number of rotatable bonds is 6. The molecule has 4 heteroatoms. The molecule has 1 atom stereocenters. The monoisotopic (exact) mass is 275 g/mol. The fourth-order valence-corrected chi connectivity index (χ4v) is 3.35. The molecule has 0 bridgehead atoms. The third-order valence-electron chi connectivity index (χ3n) is 2.65. The first-order valence-electron chi connectivity index (χ1n) is 6.21. The SMILES string of the molecule is CN(CCO)P(Oc1ccccc1)c1ccccc1. The van der Waals surface area contributed by atoms with Crippen LogP contribution in [0.2, 0.25) is 0 Å². The lowest BCUT2D eigenvalue weighted by atomic mass is 10.3. The molecule has 1 unspecified atom stereocenters. The van der Waals surface area contributed by atoms with E-state index < -0.39 is 8.30 Å². The molecule has 2 aromatic carbocycles. The molecule has 19 heavy (non-hydrogen) atoms. The van der Waals surface area contributed by atoms with Crippen LogP contribution in [0.25, 0.3) is 0 Å². The Morgan fingerprint density at radius 2 is 1.58 bits per heavy atom. The van der Waals surface area contributed by atoms with Crippen molar-refractivity contribution in [2.24, 2.45) is 0 Å². The standard InChI is InChI=1S/C15H18NO2P/c1-16(12-13-17)19(15-10-6-3-7-11-15)18-14-8-4-2-5-9-14/h2-11,17H,12-13H2,1H3. The van der Waals surface area contributed by atoms with Crippen LogP contribution in [0.15, 0.2) is 60.7 Å². The first-order chi connectivity index (χ1) is 9.31. The molecule has 0 aliphatic rings. The number of hydrogen-bond donors (Lipinski definition) is 1. The van der Waals surface area contributed by atoms with Gasteiger partial charge in [-0.2, -0.15) is 0 Å². The minimum absolute atomic E-state index is 0.125. The Morgan fingerprint density at radius 1 is 1.00 bits per heavy atom. The van der Waals surface area contributed by atoms with Gasteiger partial charge in [-0.05, 0) is 31.3 Å². The zero-order chi connectivity index (χ0) is 13.5. The molecule has 0 radical (unpaired) electrons. The van der Waals surface area contributed by atoms with Crippen molar-refractivity contribution in [2.75, 3.05) is 20.2 Å². The van der Waals surface area contributed by atoms with Crippen LogP contribution < -0.4 is 9.83 Å².